The number of aliphatic imine (C=N–C) groups is 1. The Morgan fingerprint density at radius 2 is 1.81 bits per heavy atom. The van der Waals surface area contributed by atoms with Crippen LogP contribution in [0.1, 0.15) is 11.3 Å². The minimum Gasteiger partial charge on any atom is -0.457 e. The van der Waals surface area contributed by atoms with Gasteiger partial charge in [-0.1, -0.05) is 11.6 Å². The fraction of sp³-hybridized carbons (Fsp3) is 0.0476. The van der Waals surface area contributed by atoms with Crippen LogP contribution in [-0.2, 0) is 6.18 Å². The Kier molecular flexibility index (Phi) is 5.63. The highest BCUT2D eigenvalue weighted by Crippen LogP contribution is 2.37. The van der Waals surface area contributed by atoms with Crippen LogP contribution < -0.4 is 5.32 Å². The van der Waals surface area contributed by atoms with E-state index in [0.29, 0.717) is 10.6 Å². The molecular formula is C21H11ClF4N2O2S. The van der Waals surface area contributed by atoms with E-state index in [0.717, 1.165) is 30.0 Å². The standard InChI is InChI=1S/C21H11ClF4N2O2S/c22-16-7-1-11(21(24,25)26)9-15(16)17-8-6-14(30-17)10-18-19(28-20(29)31-18)27-13-4-2-12(23)3-5-13/h1-10H,(H,27,28,29). The Balaban J connectivity index is 1.66. The van der Waals surface area contributed by atoms with E-state index >= 15 is 0 Å². The van der Waals surface area contributed by atoms with Crippen molar-refractivity contribution in [3.8, 4) is 11.3 Å². The van der Waals surface area contributed by atoms with Gasteiger partial charge in [-0.25, -0.2) is 9.38 Å². The Morgan fingerprint density at radius 1 is 1.06 bits per heavy atom. The van der Waals surface area contributed by atoms with Crippen LogP contribution in [0.4, 0.5) is 28.0 Å². The summed E-state index contributed by atoms with van der Waals surface area (Å²) in [5, 5.41) is 2.33. The third-order valence-electron chi connectivity index (χ3n) is 4.18. The second kappa shape index (κ2) is 8.24. The molecule has 1 aliphatic heterocycles. The Bertz CT molecular complexity index is 1220. The first-order valence-corrected chi connectivity index (χ1v) is 9.90. The zero-order valence-electron chi connectivity index (χ0n) is 15.3. The summed E-state index contributed by atoms with van der Waals surface area (Å²) in [6, 6.07) is 11.4. The molecule has 0 spiro atoms. The van der Waals surface area contributed by atoms with Gasteiger partial charge in [0.05, 0.1) is 21.2 Å². The summed E-state index contributed by atoms with van der Waals surface area (Å²) in [5.41, 5.74) is -0.325. The van der Waals surface area contributed by atoms with Gasteiger partial charge < -0.3 is 9.73 Å². The normalized spacial score (nSPS) is 16.9. The van der Waals surface area contributed by atoms with Crippen LogP contribution in [0.5, 0.6) is 0 Å². The van der Waals surface area contributed by atoms with Crippen molar-refractivity contribution in [3.05, 3.63) is 81.7 Å². The van der Waals surface area contributed by atoms with Crippen LogP contribution in [-0.4, -0.2) is 11.1 Å². The second-order valence-electron chi connectivity index (χ2n) is 6.35. The lowest BCUT2D eigenvalue weighted by Crippen LogP contribution is -2.18. The maximum atomic E-state index is 13.1. The summed E-state index contributed by atoms with van der Waals surface area (Å²) >= 11 is 6.93. The molecule has 1 aliphatic rings. The molecule has 10 heteroatoms. The molecule has 2 heterocycles. The van der Waals surface area contributed by atoms with Gasteiger partial charge in [0.2, 0.25) is 0 Å². The Labute approximate surface area is 182 Å². The zero-order chi connectivity index (χ0) is 22.2. The van der Waals surface area contributed by atoms with Gasteiger partial charge in [0.1, 0.15) is 23.2 Å². The zero-order valence-corrected chi connectivity index (χ0v) is 16.9. The van der Waals surface area contributed by atoms with Gasteiger partial charge >= 0.3 is 6.18 Å². The van der Waals surface area contributed by atoms with Crippen molar-refractivity contribution >= 4 is 46.2 Å². The van der Waals surface area contributed by atoms with Crippen LogP contribution in [0.2, 0.25) is 5.02 Å². The number of nitrogens with zero attached hydrogens (tertiary/aromatic N) is 1. The molecule has 0 aliphatic carbocycles. The minimum absolute atomic E-state index is 0.0922. The third kappa shape index (κ3) is 4.83. The molecular weight excluding hydrogens is 456 g/mol. The number of furan rings is 1. The molecule has 1 saturated heterocycles. The molecule has 0 radical (unpaired) electrons. The summed E-state index contributed by atoms with van der Waals surface area (Å²) in [4.78, 5) is 16.5. The number of carbonyl (C=O) groups excluding carboxylic acids is 1. The lowest BCUT2D eigenvalue weighted by atomic mass is 10.1. The van der Waals surface area contributed by atoms with Crippen molar-refractivity contribution in [1.29, 1.82) is 0 Å². The number of amides is 1. The van der Waals surface area contributed by atoms with E-state index in [1.54, 1.807) is 0 Å². The fourth-order valence-corrected chi connectivity index (χ4v) is 3.68. The van der Waals surface area contributed by atoms with Crippen LogP contribution in [0, 0.1) is 5.82 Å². The topological polar surface area (TPSA) is 54.6 Å². The lowest BCUT2D eigenvalue weighted by Gasteiger charge is -2.09. The first-order valence-electron chi connectivity index (χ1n) is 8.71. The number of nitrogens with one attached hydrogen (secondary N) is 1. The van der Waals surface area contributed by atoms with Crippen molar-refractivity contribution in [2.24, 2.45) is 4.99 Å². The number of carbonyl (C=O) groups is 1. The molecule has 158 valence electrons. The molecule has 0 atom stereocenters. The van der Waals surface area contributed by atoms with Crippen molar-refractivity contribution in [1.82, 2.24) is 5.32 Å². The predicted molar refractivity (Wildman–Crippen MR) is 112 cm³/mol. The van der Waals surface area contributed by atoms with Gasteiger partial charge in [0, 0.05) is 5.56 Å². The van der Waals surface area contributed by atoms with Crippen molar-refractivity contribution in [3.63, 3.8) is 0 Å². The maximum Gasteiger partial charge on any atom is 0.416 e. The summed E-state index contributed by atoms with van der Waals surface area (Å²) in [5.74, 6) is 0.258. The van der Waals surface area contributed by atoms with Crippen molar-refractivity contribution in [2.45, 2.75) is 6.18 Å². The molecule has 1 fully saturated rings. The van der Waals surface area contributed by atoms with E-state index in [1.165, 1.54) is 42.5 Å². The highest BCUT2D eigenvalue weighted by Gasteiger charge is 2.31. The molecule has 0 saturated carbocycles. The molecule has 31 heavy (non-hydrogen) atoms. The molecule has 4 nitrogen and oxygen atoms in total. The van der Waals surface area contributed by atoms with E-state index < -0.39 is 17.6 Å². The summed E-state index contributed by atoms with van der Waals surface area (Å²) < 4.78 is 57.8. The second-order valence-corrected chi connectivity index (χ2v) is 7.78. The number of rotatable bonds is 3. The molecule has 3 aromatic rings. The molecule has 2 aromatic carbocycles. The SMILES string of the molecule is O=C1NC(=Nc2ccc(F)cc2)C(=Cc2ccc(-c3cc(C(F)(F)F)ccc3Cl)o2)S1. The van der Waals surface area contributed by atoms with Crippen molar-refractivity contribution in [2.75, 3.05) is 0 Å². The monoisotopic (exact) mass is 466 g/mol. The number of alkyl halides is 3. The quantitative estimate of drug-likeness (QED) is 0.412. The fourth-order valence-electron chi connectivity index (χ4n) is 2.75. The Hall–Kier alpha value is -3.04. The van der Waals surface area contributed by atoms with Gasteiger partial charge in [-0.2, -0.15) is 13.2 Å². The number of hydrogen-bond donors (Lipinski definition) is 1. The Morgan fingerprint density at radius 3 is 2.52 bits per heavy atom. The smallest absolute Gasteiger partial charge is 0.416 e. The van der Waals surface area contributed by atoms with Crippen LogP contribution in [0.3, 0.4) is 0 Å². The third-order valence-corrected chi connectivity index (χ3v) is 5.33. The molecule has 4 rings (SSSR count). The molecule has 0 unspecified atom stereocenters. The molecule has 1 amide bonds. The highest BCUT2D eigenvalue weighted by atomic mass is 35.5. The first kappa shape index (κ1) is 21.2. The van der Waals surface area contributed by atoms with Gasteiger partial charge in [-0.3, -0.25) is 4.79 Å². The van der Waals surface area contributed by atoms with Gasteiger partial charge in [0.15, 0.2) is 0 Å². The van der Waals surface area contributed by atoms with E-state index in [-0.39, 0.29) is 33.2 Å². The number of amidine groups is 1. The lowest BCUT2D eigenvalue weighted by molar-refractivity contribution is -0.137. The number of hydrogen-bond acceptors (Lipinski definition) is 4. The van der Waals surface area contributed by atoms with E-state index in [9.17, 15) is 22.4 Å². The van der Waals surface area contributed by atoms with Crippen LogP contribution in [0.25, 0.3) is 17.4 Å². The minimum atomic E-state index is -4.52. The van der Waals surface area contributed by atoms with Crippen molar-refractivity contribution < 1.29 is 26.8 Å². The molecule has 1 N–H and O–H groups in total. The summed E-state index contributed by atoms with van der Waals surface area (Å²) in [6.45, 7) is 0. The van der Waals surface area contributed by atoms with Crippen LogP contribution >= 0.6 is 23.4 Å². The summed E-state index contributed by atoms with van der Waals surface area (Å²) in [6.07, 6.45) is -3.00. The number of thioether (sulfide) groups is 1. The maximum absolute atomic E-state index is 13.1. The number of halogens is 5. The average molecular weight is 467 g/mol. The van der Waals surface area contributed by atoms with Crippen LogP contribution in [0.15, 0.2) is 68.9 Å². The predicted octanol–water partition coefficient (Wildman–Crippen LogP) is 7.29. The molecule has 1 aromatic heterocycles. The largest absolute Gasteiger partial charge is 0.457 e. The van der Waals surface area contributed by atoms with Gasteiger partial charge in [-0.15, -0.1) is 0 Å². The number of benzene rings is 2. The van der Waals surface area contributed by atoms with Gasteiger partial charge in [0.25, 0.3) is 5.24 Å². The van der Waals surface area contributed by atoms with E-state index in [2.05, 4.69) is 10.3 Å². The average Bonchev–Trinajstić information content (AvgIpc) is 3.30. The van der Waals surface area contributed by atoms with E-state index in [1.807, 2.05) is 0 Å². The molecule has 0 bridgehead atoms. The highest BCUT2D eigenvalue weighted by molar-refractivity contribution is 8.18. The van der Waals surface area contributed by atoms with Gasteiger partial charge in [-0.05, 0) is 72.4 Å². The first-order chi connectivity index (χ1) is 14.7. The summed E-state index contributed by atoms with van der Waals surface area (Å²) in [7, 11) is 0. The van der Waals surface area contributed by atoms with E-state index in [4.69, 9.17) is 16.0 Å².